The highest BCUT2D eigenvalue weighted by Crippen LogP contribution is 2.37. The lowest BCUT2D eigenvalue weighted by Gasteiger charge is -2.19. The number of hydrogen-bond acceptors (Lipinski definition) is 8. The molecule has 2 heterocycles. The van der Waals surface area contributed by atoms with Gasteiger partial charge in [-0.15, -0.1) is 16.4 Å². The van der Waals surface area contributed by atoms with Crippen molar-refractivity contribution in [1.82, 2.24) is 15.1 Å². The molecule has 1 N–H and O–H groups in total. The molecule has 0 saturated heterocycles. The first kappa shape index (κ1) is 27.2. The van der Waals surface area contributed by atoms with Crippen molar-refractivity contribution in [1.29, 1.82) is 0 Å². The maximum Gasteiger partial charge on any atom is 0.409 e. The van der Waals surface area contributed by atoms with E-state index in [1.165, 1.54) is 0 Å². The molecule has 9 heteroatoms. The molecule has 1 amide bonds. The SMILES string of the molecule is CCCCOC(=O)N(C)Cc1ccccc1-c1csc(C(C)Nc2nncc3cc(OC)c(OC)cc23)c1. The van der Waals surface area contributed by atoms with Crippen molar-refractivity contribution in [3.05, 3.63) is 64.5 Å². The first-order valence-electron chi connectivity index (χ1n) is 12.6. The van der Waals surface area contributed by atoms with Crippen molar-refractivity contribution >= 4 is 34.0 Å². The van der Waals surface area contributed by atoms with E-state index in [-0.39, 0.29) is 12.1 Å². The van der Waals surface area contributed by atoms with Crippen LogP contribution in [0.3, 0.4) is 0 Å². The van der Waals surface area contributed by atoms with Gasteiger partial charge in [0, 0.05) is 29.2 Å². The third kappa shape index (κ3) is 6.16. The number of methoxy groups -OCH3 is 2. The van der Waals surface area contributed by atoms with E-state index in [9.17, 15) is 4.79 Å². The molecule has 0 bridgehead atoms. The number of aromatic nitrogens is 2. The van der Waals surface area contributed by atoms with Crippen LogP contribution in [0.15, 0.2) is 54.0 Å². The number of anilines is 1. The largest absolute Gasteiger partial charge is 0.493 e. The van der Waals surface area contributed by atoms with Crippen LogP contribution in [0, 0.1) is 0 Å². The van der Waals surface area contributed by atoms with E-state index in [2.05, 4.69) is 52.9 Å². The van der Waals surface area contributed by atoms with Gasteiger partial charge in [0.25, 0.3) is 0 Å². The Morgan fingerprint density at radius 3 is 2.66 bits per heavy atom. The van der Waals surface area contributed by atoms with Crippen molar-refractivity contribution in [3.8, 4) is 22.6 Å². The second-order valence-corrected chi connectivity index (χ2v) is 10.0. The topological polar surface area (TPSA) is 85.8 Å². The predicted molar refractivity (Wildman–Crippen MR) is 152 cm³/mol. The van der Waals surface area contributed by atoms with Gasteiger partial charge in [0.1, 0.15) is 0 Å². The monoisotopic (exact) mass is 534 g/mol. The molecule has 0 radical (unpaired) electrons. The predicted octanol–water partition coefficient (Wildman–Crippen LogP) is 6.92. The zero-order valence-corrected chi connectivity index (χ0v) is 23.3. The van der Waals surface area contributed by atoms with E-state index in [1.54, 1.807) is 43.7 Å². The Morgan fingerprint density at radius 2 is 1.89 bits per heavy atom. The Morgan fingerprint density at radius 1 is 1.13 bits per heavy atom. The van der Waals surface area contributed by atoms with Crippen LogP contribution in [-0.4, -0.2) is 49.1 Å². The van der Waals surface area contributed by atoms with Crippen molar-refractivity contribution in [2.24, 2.45) is 0 Å². The van der Waals surface area contributed by atoms with Crippen molar-refractivity contribution in [2.45, 2.75) is 39.3 Å². The molecule has 2 aromatic heterocycles. The molecule has 8 nitrogen and oxygen atoms in total. The number of unbranched alkanes of at least 4 members (excludes halogenated alkanes) is 1. The van der Waals surface area contributed by atoms with Crippen molar-refractivity contribution in [2.75, 3.05) is 33.2 Å². The van der Waals surface area contributed by atoms with E-state index < -0.39 is 0 Å². The van der Waals surface area contributed by atoms with Gasteiger partial charge in [-0.25, -0.2) is 4.79 Å². The van der Waals surface area contributed by atoms with E-state index >= 15 is 0 Å². The minimum absolute atomic E-state index is 0.00914. The van der Waals surface area contributed by atoms with E-state index in [1.807, 2.05) is 24.3 Å². The maximum absolute atomic E-state index is 12.4. The van der Waals surface area contributed by atoms with Gasteiger partial charge in [0.2, 0.25) is 0 Å². The Kier molecular flexibility index (Phi) is 9.02. The number of hydrogen-bond donors (Lipinski definition) is 1. The highest BCUT2D eigenvalue weighted by molar-refractivity contribution is 7.10. The molecule has 0 aliphatic carbocycles. The lowest BCUT2D eigenvalue weighted by Crippen LogP contribution is -2.27. The maximum atomic E-state index is 12.4. The van der Waals surface area contributed by atoms with Gasteiger partial charge in [-0.3, -0.25) is 0 Å². The van der Waals surface area contributed by atoms with Gasteiger partial charge in [-0.2, -0.15) is 5.10 Å². The number of carbonyl (C=O) groups excluding carboxylic acids is 1. The fraction of sp³-hybridized carbons (Fsp3) is 0.345. The average Bonchev–Trinajstić information content (AvgIpc) is 3.43. The number of nitrogens with one attached hydrogen (secondary N) is 1. The molecule has 1 unspecified atom stereocenters. The summed E-state index contributed by atoms with van der Waals surface area (Å²) in [6.07, 6.45) is 3.27. The summed E-state index contributed by atoms with van der Waals surface area (Å²) in [6, 6.07) is 14.1. The number of ether oxygens (including phenoxy) is 3. The third-order valence-electron chi connectivity index (χ3n) is 6.34. The molecule has 0 aliphatic rings. The second kappa shape index (κ2) is 12.6. The van der Waals surface area contributed by atoms with E-state index in [0.29, 0.717) is 30.5 Å². The molecule has 1 atom stereocenters. The molecule has 0 aliphatic heterocycles. The Hall–Kier alpha value is -3.85. The highest BCUT2D eigenvalue weighted by atomic mass is 32.1. The summed E-state index contributed by atoms with van der Waals surface area (Å²) in [4.78, 5) is 15.2. The van der Waals surface area contributed by atoms with Gasteiger partial charge >= 0.3 is 6.09 Å². The normalized spacial score (nSPS) is 11.7. The summed E-state index contributed by atoms with van der Waals surface area (Å²) in [5.74, 6) is 1.96. The Bertz CT molecular complexity index is 1390. The molecular weight excluding hydrogens is 500 g/mol. The summed E-state index contributed by atoms with van der Waals surface area (Å²) in [5, 5.41) is 16.0. The van der Waals surface area contributed by atoms with Crippen LogP contribution in [0.25, 0.3) is 21.9 Å². The van der Waals surface area contributed by atoms with Crippen LogP contribution in [0.5, 0.6) is 11.5 Å². The van der Waals surface area contributed by atoms with E-state index in [4.69, 9.17) is 14.2 Å². The lowest BCUT2D eigenvalue weighted by molar-refractivity contribution is 0.108. The number of thiophene rings is 1. The fourth-order valence-electron chi connectivity index (χ4n) is 4.19. The molecule has 2 aromatic carbocycles. The number of benzene rings is 2. The number of nitrogens with zero attached hydrogens (tertiary/aromatic N) is 3. The molecular formula is C29H34N4O4S. The third-order valence-corrected chi connectivity index (χ3v) is 7.45. The zero-order chi connectivity index (χ0) is 27.1. The van der Waals surface area contributed by atoms with Crippen molar-refractivity contribution < 1.29 is 19.0 Å². The first-order chi connectivity index (χ1) is 18.4. The number of amides is 1. The molecule has 200 valence electrons. The smallest absolute Gasteiger partial charge is 0.409 e. The quantitative estimate of drug-likeness (QED) is 0.209. The van der Waals surface area contributed by atoms with Gasteiger partial charge in [-0.1, -0.05) is 37.6 Å². The summed E-state index contributed by atoms with van der Waals surface area (Å²) in [5.41, 5.74) is 3.27. The average molecular weight is 535 g/mol. The van der Waals surface area contributed by atoms with Crippen LogP contribution in [0.4, 0.5) is 10.6 Å². The molecule has 38 heavy (non-hydrogen) atoms. The van der Waals surface area contributed by atoms with E-state index in [0.717, 1.165) is 45.2 Å². The Balaban J connectivity index is 1.52. The van der Waals surface area contributed by atoms with Gasteiger partial charge < -0.3 is 24.4 Å². The molecule has 0 spiro atoms. The van der Waals surface area contributed by atoms with Crippen LogP contribution in [0.2, 0.25) is 0 Å². The molecule has 4 rings (SSSR count). The first-order valence-corrected chi connectivity index (χ1v) is 13.5. The fourth-order valence-corrected chi connectivity index (χ4v) is 5.10. The van der Waals surface area contributed by atoms with Gasteiger partial charge in [-0.05, 0) is 53.6 Å². The number of carbonyl (C=O) groups is 1. The molecule has 4 aromatic rings. The zero-order valence-electron chi connectivity index (χ0n) is 22.5. The Labute approximate surface area is 227 Å². The minimum Gasteiger partial charge on any atom is -0.493 e. The standard InChI is InChI=1S/C29H34N4O4S/c1-6-7-12-37-29(34)33(3)17-20-10-8-9-11-23(20)22-14-27(38-18-22)19(2)31-28-24-15-26(36-5)25(35-4)13-21(24)16-30-32-28/h8-11,13-16,18-19H,6-7,12,17H2,1-5H3,(H,31,32). The van der Waals surface area contributed by atoms with Crippen molar-refractivity contribution in [3.63, 3.8) is 0 Å². The van der Waals surface area contributed by atoms with Crippen LogP contribution >= 0.6 is 11.3 Å². The van der Waals surface area contributed by atoms with Crippen LogP contribution in [0.1, 0.15) is 43.2 Å². The van der Waals surface area contributed by atoms with Gasteiger partial charge in [0.05, 0.1) is 33.1 Å². The summed E-state index contributed by atoms with van der Waals surface area (Å²) in [7, 11) is 5.00. The molecule has 0 saturated carbocycles. The van der Waals surface area contributed by atoms with Crippen LogP contribution in [-0.2, 0) is 11.3 Å². The van der Waals surface area contributed by atoms with Gasteiger partial charge in [0.15, 0.2) is 17.3 Å². The molecule has 0 fully saturated rings. The second-order valence-electron chi connectivity index (χ2n) is 9.07. The summed E-state index contributed by atoms with van der Waals surface area (Å²) in [6.45, 7) is 5.09. The van der Waals surface area contributed by atoms with Crippen LogP contribution < -0.4 is 14.8 Å². The minimum atomic E-state index is -0.303. The number of fused-ring (bicyclic) bond motifs is 1. The number of rotatable bonds is 11. The lowest BCUT2D eigenvalue weighted by atomic mass is 10.0. The summed E-state index contributed by atoms with van der Waals surface area (Å²) < 4.78 is 16.3. The summed E-state index contributed by atoms with van der Waals surface area (Å²) >= 11 is 1.68. The highest BCUT2D eigenvalue weighted by Gasteiger charge is 2.17.